The molecular weight excluding hydrogens is 288 g/mol. The van der Waals surface area contributed by atoms with E-state index in [9.17, 15) is 15.0 Å². The Hall–Kier alpha value is -0.930. The van der Waals surface area contributed by atoms with Crippen LogP contribution in [-0.2, 0) is 4.79 Å². The number of hydrogen-bond donors (Lipinski definition) is 2. The highest BCUT2D eigenvalue weighted by atomic mass is 16.3. The molecule has 0 aliphatic heterocycles. The van der Waals surface area contributed by atoms with Crippen molar-refractivity contribution in [2.24, 2.45) is 28.1 Å². The first kappa shape index (κ1) is 16.9. The molecule has 2 saturated carbocycles. The van der Waals surface area contributed by atoms with Crippen molar-refractivity contribution < 1.29 is 15.0 Å². The first-order chi connectivity index (χ1) is 10.7. The monoisotopic (exact) mass is 318 g/mol. The van der Waals surface area contributed by atoms with Gasteiger partial charge in [0.25, 0.3) is 0 Å². The molecule has 3 heteroatoms. The summed E-state index contributed by atoms with van der Waals surface area (Å²) in [6, 6.07) is 0. The maximum atomic E-state index is 11.8. The van der Waals surface area contributed by atoms with E-state index in [2.05, 4.69) is 19.6 Å². The van der Waals surface area contributed by atoms with E-state index < -0.39 is 17.6 Å². The summed E-state index contributed by atoms with van der Waals surface area (Å²) in [6.07, 6.45) is 8.30. The smallest absolute Gasteiger partial charge is 0.128 e. The maximum Gasteiger partial charge on any atom is 0.128 e. The van der Waals surface area contributed by atoms with Crippen molar-refractivity contribution in [2.75, 3.05) is 0 Å². The minimum atomic E-state index is -0.664. The molecule has 0 aromatic heterocycles. The molecule has 0 unspecified atom stereocenters. The lowest BCUT2D eigenvalue weighted by Gasteiger charge is -2.60. The number of allylic oxidation sites excluding steroid dienone is 1. The summed E-state index contributed by atoms with van der Waals surface area (Å²) in [4.78, 5) is 11.8. The highest BCUT2D eigenvalue weighted by Gasteiger charge is 2.59. The van der Waals surface area contributed by atoms with Crippen LogP contribution in [0.3, 0.4) is 0 Å². The van der Waals surface area contributed by atoms with Crippen molar-refractivity contribution in [2.45, 2.75) is 65.1 Å². The van der Waals surface area contributed by atoms with Crippen molar-refractivity contribution >= 4 is 6.29 Å². The fourth-order valence-corrected chi connectivity index (χ4v) is 5.76. The standard InChI is InChI=1S/C20H30O3/c1-5-18(2)11-13-6-7-15-19(3,14(13)10-17(18)23)9-8-16(22)20(15,4)12-21/h5,11-12,14-17,22-23H,1,6-10H2,2-4H3/t14-,15+,16-,17+,18+,19+,20-/m1/s1. The summed E-state index contributed by atoms with van der Waals surface area (Å²) in [5, 5.41) is 21.1. The second-order valence-electron chi connectivity index (χ2n) is 8.73. The van der Waals surface area contributed by atoms with E-state index in [0.717, 1.165) is 32.0 Å². The molecule has 0 bridgehead atoms. The molecule has 0 saturated heterocycles. The highest BCUT2D eigenvalue weighted by Crippen LogP contribution is 2.63. The average molecular weight is 318 g/mol. The van der Waals surface area contributed by atoms with Crippen molar-refractivity contribution in [3.63, 3.8) is 0 Å². The average Bonchev–Trinajstić information content (AvgIpc) is 2.53. The number of hydrogen-bond acceptors (Lipinski definition) is 3. The largest absolute Gasteiger partial charge is 0.392 e. The lowest BCUT2D eigenvalue weighted by atomic mass is 9.44. The fourth-order valence-electron chi connectivity index (χ4n) is 5.76. The van der Waals surface area contributed by atoms with Crippen LogP contribution in [0.25, 0.3) is 0 Å². The zero-order valence-electron chi connectivity index (χ0n) is 14.6. The van der Waals surface area contributed by atoms with Gasteiger partial charge in [-0.2, -0.15) is 0 Å². The van der Waals surface area contributed by atoms with Gasteiger partial charge in [0.2, 0.25) is 0 Å². The topological polar surface area (TPSA) is 57.5 Å². The second-order valence-corrected chi connectivity index (χ2v) is 8.73. The van der Waals surface area contributed by atoms with Gasteiger partial charge in [0, 0.05) is 5.41 Å². The maximum absolute atomic E-state index is 11.8. The number of aliphatic hydroxyl groups excluding tert-OH is 2. The Morgan fingerprint density at radius 1 is 1.22 bits per heavy atom. The van der Waals surface area contributed by atoms with Crippen molar-refractivity contribution in [1.82, 2.24) is 0 Å². The zero-order chi connectivity index (χ0) is 17.0. The Bertz CT molecular complexity index is 553. The van der Waals surface area contributed by atoms with Crippen LogP contribution in [0.1, 0.15) is 52.9 Å². The van der Waals surface area contributed by atoms with Crippen LogP contribution in [0.2, 0.25) is 0 Å². The van der Waals surface area contributed by atoms with Gasteiger partial charge >= 0.3 is 0 Å². The molecule has 0 amide bonds. The number of aliphatic hydroxyl groups is 2. The lowest BCUT2D eigenvalue weighted by molar-refractivity contribution is -0.155. The molecular formula is C20H30O3. The Labute approximate surface area is 139 Å². The second kappa shape index (κ2) is 5.29. The third kappa shape index (κ3) is 2.20. The summed E-state index contributed by atoms with van der Waals surface area (Å²) < 4.78 is 0. The first-order valence-electron chi connectivity index (χ1n) is 8.89. The minimum Gasteiger partial charge on any atom is -0.392 e. The van der Waals surface area contributed by atoms with Gasteiger partial charge in [-0.15, -0.1) is 6.58 Å². The van der Waals surface area contributed by atoms with Crippen molar-refractivity contribution in [3.05, 3.63) is 24.3 Å². The Morgan fingerprint density at radius 3 is 2.52 bits per heavy atom. The minimum absolute atomic E-state index is 0.0253. The van der Waals surface area contributed by atoms with Crippen molar-refractivity contribution in [1.29, 1.82) is 0 Å². The van der Waals surface area contributed by atoms with E-state index in [1.165, 1.54) is 5.57 Å². The van der Waals surface area contributed by atoms with E-state index in [-0.39, 0.29) is 16.7 Å². The van der Waals surface area contributed by atoms with Gasteiger partial charge < -0.3 is 15.0 Å². The molecule has 3 nitrogen and oxygen atoms in total. The molecule has 2 N–H and O–H groups in total. The van der Waals surface area contributed by atoms with Crippen LogP contribution in [0.15, 0.2) is 24.3 Å². The normalized spacial score (nSPS) is 52.8. The van der Waals surface area contributed by atoms with Gasteiger partial charge in [-0.25, -0.2) is 0 Å². The van der Waals surface area contributed by atoms with Crippen LogP contribution in [0, 0.1) is 28.1 Å². The van der Waals surface area contributed by atoms with Crippen molar-refractivity contribution in [3.8, 4) is 0 Å². The van der Waals surface area contributed by atoms with Gasteiger partial charge in [-0.05, 0) is 49.4 Å². The van der Waals surface area contributed by atoms with E-state index in [1.54, 1.807) is 0 Å². The molecule has 0 spiro atoms. The van der Waals surface area contributed by atoms with E-state index >= 15 is 0 Å². The molecule has 3 rings (SSSR count). The van der Waals surface area contributed by atoms with Crippen LogP contribution in [0.5, 0.6) is 0 Å². The van der Waals surface area contributed by atoms with Gasteiger partial charge in [-0.3, -0.25) is 0 Å². The predicted molar refractivity (Wildman–Crippen MR) is 90.7 cm³/mol. The number of fused-ring (bicyclic) bond motifs is 3. The molecule has 0 aromatic rings. The molecule has 0 heterocycles. The molecule has 23 heavy (non-hydrogen) atoms. The number of carbonyl (C=O) groups excluding carboxylic acids is 1. The third-order valence-corrected chi connectivity index (χ3v) is 7.55. The van der Waals surface area contributed by atoms with E-state index in [0.29, 0.717) is 12.3 Å². The quantitative estimate of drug-likeness (QED) is 0.607. The molecule has 0 radical (unpaired) electrons. The number of aldehydes is 1. The summed E-state index contributed by atoms with van der Waals surface area (Å²) in [6.45, 7) is 10.1. The van der Waals surface area contributed by atoms with E-state index in [4.69, 9.17) is 0 Å². The van der Waals surface area contributed by atoms with Crippen LogP contribution in [0.4, 0.5) is 0 Å². The van der Waals surface area contributed by atoms with Gasteiger partial charge in [0.05, 0.1) is 17.6 Å². The van der Waals surface area contributed by atoms with Crippen LogP contribution < -0.4 is 0 Å². The zero-order valence-corrected chi connectivity index (χ0v) is 14.6. The summed E-state index contributed by atoms with van der Waals surface area (Å²) >= 11 is 0. The number of carbonyl (C=O) groups is 1. The van der Waals surface area contributed by atoms with Gasteiger partial charge in [-0.1, -0.05) is 38.5 Å². The molecule has 128 valence electrons. The Morgan fingerprint density at radius 2 is 1.91 bits per heavy atom. The molecule has 3 aliphatic rings. The SMILES string of the molecule is C=C[C@@]1(C)C=C2CC[C@@H]3[C@@](C)(C=O)[C@H](O)CC[C@@]3(C)[C@@H]2C[C@@H]1O. The van der Waals surface area contributed by atoms with Gasteiger partial charge in [0.1, 0.15) is 6.29 Å². The summed E-state index contributed by atoms with van der Waals surface area (Å²) in [7, 11) is 0. The molecule has 2 fully saturated rings. The van der Waals surface area contributed by atoms with Crippen LogP contribution in [-0.4, -0.2) is 28.7 Å². The van der Waals surface area contributed by atoms with E-state index in [1.807, 2.05) is 19.9 Å². The third-order valence-electron chi connectivity index (χ3n) is 7.55. The van der Waals surface area contributed by atoms with Crippen LogP contribution >= 0.6 is 0 Å². The Balaban J connectivity index is 2.03. The van der Waals surface area contributed by atoms with Gasteiger partial charge in [0.15, 0.2) is 0 Å². The highest BCUT2D eigenvalue weighted by molar-refractivity contribution is 5.61. The lowest BCUT2D eigenvalue weighted by Crippen LogP contribution is -2.58. The predicted octanol–water partition coefficient (Wildman–Crippen LogP) is 3.26. The number of rotatable bonds is 2. The molecule has 0 aromatic carbocycles. The fraction of sp³-hybridized carbons (Fsp3) is 0.750. The Kier molecular flexibility index (Phi) is 3.89. The summed E-state index contributed by atoms with van der Waals surface area (Å²) in [5.74, 6) is 0.481. The molecule has 3 aliphatic carbocycles. The molecule has 7 atom stereocenters. The first-order valence-corrected chi connectivity index (χ1v) is 8.89. The summed E-state index contributed by atoms with van der Waals surface area (Å²) in [5.41, 5.74) is 0.378.